The number of aromatic nitrogens is 1. The molecule has 5 heteroatoms. The van der Waals surface area contributed by atoms with Crippen LogP contribution in [0.4, 0.5) is 5.69 Å². The molecule has 1 aromatic heterocycles. The molecule has 1 atom stereocenters. The fourth-order valence-corrected chi connectivity index (χ4v) is 2.21. The molecule has 2 rings (SSSR count). The standard InChI is InChI=1S/C13H20N4O/c1-16(2)13(18)12-8-11(5-6-15-12)17-7-3-4-10(14)9-17/h5-6,8,10H,3-4,7,9,14H2,1-2H3. The van der Waals surface area contributed by atoms with E-state index in [0.29, 0.717) is 5.69 Å². The number of hydrogen-bond acceptors (Lipinski definition) is 4. The van der Waals surface area contributed by atoms with E-state index in [2.05, 4.69) is 9.88 Å². The Morgan fingerprint density at radius 1 is 1.56 bits per heavy atom. The maximum atomic E-state index is 11.9. The van der Waals surface area contributed by atoms with Crippen LogP contribution >= 0.6 is 0 Å². The van der Waals surface area contributed by atoms with Gasteiger partial charge >= 0.3 is 0 Å². The quantitative estimate of drug-likeness (QED) is 0.837. The third-order valence-corrected chi connectivity index (χ3v) is 3.19. The van der Waals surface area contributed by atoms with E-state index in [9.17, 15) is 4.79 Å². The van der Waals surface area contributed by atoms with E-state index in [4.69, 9.17) is 5.73 Å². The minimum Gasteiger partial charge on any atom is -0.370 e. The summed E-state index contributed by atoms with van der Waals surface area (Å²) in [5, 5.41) is 0. The van der Waals surface area contributed by atoms with E-state index in [1.807, 2.05) is 12.1 Å². The lowest BCUT2D eigenvalue weighted by Gasteiger charge is -2.32. The molecule has 5 nitrogen and oxygen atoms in total. The van der Waals surface area contributed by atoms with E-state index in [1.165, 1.54) is 4.90 Å². The number of carbonyl (C=O) groups excluding carboxylic acids is 1. The van der Waals surface area contributed by atoms with E-state index in [-0.39, 0.29) is 11.9 Å². The van der Waals surface area contributed by atoms with Gasteiger partial charge < -0.3 is 15.5 Å². The highest BCUT2D eigenvalue weighted by molar-refractivity contribution is 5.92. The first kappa shape index (κ1) is 12.8. The lowest BCUT2D eigenvalue weighted by Crippen LogP contribution is -2.42. The lowest BCUT2D eigenvalue weighted by molar-refractivity contribution is 0.0822. The first-order valence-corrected chi connectivity index (χ1v) is 6.26. The molecule has 2 N–H and O–H groups in total. The van der Waals surface area contributed by atoms with Crippen LogP contribution in [-0.2, 0) is 0 Å². The molecule has 1 aliphatic heterocycles. The first-order chi connectivity index (χ1) is 8.58. The van der Waals surface area contributed by atoms with Crippen LogP contribution in [0.2, 0.25) is 0 Å². The molecule has 1 aliphatic rings. The highest BCUT2D eigenvalue weighted by atomic mass is 16.2. The van der Waals surface area contributed by atoms with E-state index >= 15 is 0 Å². The number of amides is 1. The van der Waals surface area contributed by atoms with Crippen LogP contribution in [0, 0.1) is 0 Å². The molecule has 0 spiro atoms. The predicted octanol–water partition coefficient (Wildman–Crippen LogP) is 0.711. The molecule has 1 unspecified atom stereocenters. The number of nitrogens with zero attached hydrogens (tertiary/aromatic N) is 3. The van der Waals surface area contributed by atoms with E-state index in [0.717, 1.165) is 31.6 Å². The van der Waals surface area contributed by atoms with Crippen molar-refractivity contribution in [2.75, 3.05) is 32.1 Å². The van der Waals surface area contributed by atoms with Crippen molar-refractivity contribution in [1.82, 2.24) is 9.88 Å². The summed E-state index contributed by atoms with van der Waals surface area (Å²) in [5.41, 5.74) is 7.49. The zero-order valence-corrected chi connectivity index (χ0v) is 11.0. The van der Waals surface area contributed by atoms with Crippen molar-refractivity contribution in [1.29, 1.82) is 0 Å². The van der Waals surface area contributed by atoms with Gasteiger partial charge in [-0.3, -0.25) is 9.78 Å². The Morgan fingerprint density at radius 3 is 3.00 bits per heavy atom. The largest absolute Gasteiger partial charge is 0.370 e. The Hall–Kier alpha value is -1.62. The first-order valence-electron chi connectivity index (χ1n) is 6.26. The molecule has 0 saturated carbocycles. The van der Waals surface area contributed by atoms with Gasteiger partial charge in [0.15, 0.2) is 0 Å². The molecule has 0 bridgehead atoms. The van der Waals surface area contributed by atoms with Gasteiger partial charge in [-0.2, -0.15) is 0 Å². The minimum atomic E-state index is -0.0712. The Bertz CT molecular complexity index is 433. The smallest absolute Gasteiger partial charge is 0.272 e. The maximum Gasteiger partial charge on any atom is 0.272 e. The summed E-state index contributed by atoms with van der Waals surface area (Å²) in [6.07, 6.45) is 3.86. The summed E-state index contributed by atoms with van der Waals surface area (Å²) in [5.74, 6) is -0.0712. The van der Waals surface area contributed by atoms with Gasteiger partial charge in [-0.05, 0) is 25.0 Å². The van der Waals surface area contributed by atoms with Gasteiger partial charge in [0.2, 0.25) is 0 Å². The van der Waals surface area contributed by atoms with Crippen molar-refractivity contribution in [2.24, 2.45) is 5.73 Å². The number of carbonyl (C=O) groups is 1. The van der Waals surface area contributed by atoms with Crippen LogP contribution in [0.25, 0.3) is 0 Å². The second-order valence-corrected chi connectivity index (χ2v) is 4.95. The number of nitrogens with two attached hydrogens (primary N) is 1. The fourth-order valence-electron chi connectivity index (χ4n) is 2.21. The van der Waals surface area contributed by atoms with Gasteiger partial charge in [0.1, 0.15) is 5.69 Å². The highest BCUT2D eigenvalue weighted by Gasteiger charge is 2.18. The van der Waals surface area contributed by atoms with Crippen molar-refractivity contribution in [3.8, 4) is 0 Å². The Kier molecular flexibility index (Phi) is 3.81. The summed E-state index contributed by atoms with van der Waals surface area (Å²) >= 11 is 0. The topological polar surface area (TPSA) is 62.5 Å². The van der Waals surface area contributed by atoms with Crippen LogP contribution in [0.3, 0.4) is 0 Å². The fraction of sp³-hybridized carbons (Fsp3) is 0.538. The summed E-state index contributed by atoms with van der Waals surface area (Å²) in [7, 11) is 3.46. The Morgan fingerprint density at radius 2 is 2.33 bits per heavy atom. The number of piperidine rings is 1. The summed E-state index contributed by atoms with van der Waals surface area (Å²) in [6, 6.07) is 4.00. The van der Waals surface area contributed by atoms with E-state index < -0.39 is 0 Å². The van der Waals surface area contributed by atoms with Crippen molar-refractivity contribution in [2.45, 2.75) is 18.9 Å². The zero-order chi connectivity index (χ0) is 13.1. The van der Waals surface area contributed by atoms with Gasteiger partial charge in [0, 0.05) is 45.1 Å². The molecule has 1 aromatic rings. The number of rotatable bonds is 2. The second-order valence-electron chi connectivity index (χ2n) is 4.95. The summed E-state index contributed by atoms with van der Waals surface area (Å²) in [6.45, 7) is 1.84. The normalized spacial score (nSPS) is 19.7. The molecule has 1 saturated heterocycles. The van der Waals surface area contributed by atoms with Gasteiger partial charge in [-0.1, -0.05) is 0 Å². The molecular formula is C13H20N4O. The average Bonchev–Trinajstić information content (AvgIpc) is 2.38. The Labute approximate surface area is 108 Å². The van der Waals surface area contributed by atoms with Crippen molar-refractivity contribution < 1.29 is 4.79 Å². The highest BCUT2D eigenvalue weighted by Crippen LogP contribution is 2.19. The van der Waals surface area contributed by atoms with Crippen molar-refractivity contribution >= 4 is 11.6 Å². The third-order valence-electron chi connectivity index (χ3n) is 3.19. The molecule has 2 heterocycles. The molecule has 1 fully saturated rings. The third kappa shape index (κ3) is 2.79. The molecule has 18 heavy (non-hydrogen) atoms. The summed E-state index contributed by atoms with van der Waals surface area (Å²) < 4.78 is 0. The van der Waals surface area contributed by atoms with Gasteiger partial charge in [0.05, 0.1) is 0 Å². The monoisotopic (exact) mass is 248 g/mol. The average molecular weight is 248 g/mol. The molecule has 0 aromatic carbocycles. The lowest BCUT2D eigenvalue weighted by atomic mass is 10.1. The molecule has 0 radical (unpaired) electrons. The molecule has 98 valence electrons. The van der Waals surface area contributed by atoms with Crippen LogP contribution < -0.4 is 10.6 Å². The zero-order valence-electron chi connectivity index (χ0n) is 11.0. The van der Waals surface area contributed by atoms with Gasteiger partial charge in [-0.15, -0.1) is 0 Å². The van der Waals surface area contributed by atoms with Crippen LogP contribution in [0.5, 0.6) is 0 Å². The van der Waals surface area contributed by atoms with E-state index in [1.54, 1.807) is 20.3 Å². The second kappa shape index (κ2) is 5.35. The van der Waals surface area contributed by atoms with Gasteiger partial charge in [0.25, 0.3) is 5.91 Å². The van der Waals surface area contributed by atoms with Crippen molar-refractivity contribution in [3.05, 3.63) is 24.0 Å². The summed E-state index contributed by atoms with van der Waals surface area (Å²) in [4.78, 5) is 19.7. The minimum absolute atomic E-state index is 0.0712. The molecular weight excluding hydrogens is 228 g/mol. The van der Waals surface area contributed by atoms with Gasteiger partial charge in [-0.25, -0.2) is 0 Å². The number of anilines is 1. The van der Waals surface area contributed by atoms with Crippen LogP contribution in [0.15, 0.2) is 18.3 Å². The molecule has 1 amide bonds. The van der Waals surface area contributed by atoms with Crippen molar-refractivity contribution in [3.63, 3.8) is 0 Å². The number of pyridine rings is 1. The Balaban J connectivity index is 2.19. The molecule has 0 aliphatic carbocycles. The van der Waals surface area contributed by atoms with Crippen LogP contribution in [0.1, 0.15) is 23.3 Å². The predicted molar refractivity (Wildman–Crippen MR) is 71.7 cm³/mol. The number of hydrogen-bond donors (Lipinski definition) is 1. The SMILES string of the molecule is CN(C)C(=O)c1cc(N2CCCC(N)C2)ccn1. The maximum absolute atomic E-state index is 11.9. The van der Waals surface area contributed by atoms with Crippen LogP contribution in [-0.4, -0.2) is 49.0 Å².